The molecule has 40 heavy (non-hydrogen) atoms. The Morgan fingerprint density at radius 1 is 0.950 bits per heavy atom. The molecule has 2 aromatic carbocycles. The molecule has 3 aliphatic rings. The number of hydrogen-bond donors (Lipinski definition) is 2. The van der Waals surface area contributed by atoms with Gasteiger partial charge in [0.25, 0.3) is 5.91 Å². The predicted molar refractivity (Wildman–Crippen MR) is 148 cm³/mol. The van der Waals surface area contributed by atoms with Crippen LogP contribution in [0.25, 0.3) is 11.1 Å². The largest absolute Gasteiger partial charge is 0.341 e. The van der Waals surface area contributed by atoms with Crippen LogP contribution in [0.5, 0.6) is 0 Å². The van der Waals surface area contributed by atoms with Crippen molar-refractivity contribution in [2.24, 2.45) is 5.92 Å². The van der Waals surface area contributed by atoms with Crippen LogP contribution in [-0.4, -0.2) is 57.6 Å². The van der Waals surface area contributed by atoms with Gasteiger partial charge in [-0.05, 0) is 54.5 Å². The van der Waals surface area contributed by atoms with E-state index >= 15 is 0 Å². The van der Waals surface area contributed by atoms with Crippen LogP contribution in [0.15, 0.2) is 60.9 Å². The van der Waals surface area contributed by atoms with E-state index in [1.54, 1.807) is 18.2 Å². The minimum atomic E-state index is -0.659. The average molecular weight is 539 g/mol. The summed E-state index contributed by atoms with van der Waals surface area (Å²) in [4.78, 5) is 62.3. The zero-order valence-electron chi connectivity index (χ0n) is 22.0. The van der Waals surface area contributed by atoms with Gasteiger partial charge in [0.15, 0.2) is 0 Å². The SMILES string of the molecule is O=C1CCC(N2Cc3cc(NC(=O)CC4CCN(c5ncc(-c6ccccc6)cn5)CC4)ccc3C2=O)C(=O)N1. The van der Waals surface area contributed by atoms with E-state index in [9.17, 15) is 19.2 Å². The first-order valence-corrected chi connectivity index (χ1v) is 13.6. The van der Waals surface area contributed by atoms with Crippen LogP contribution in [0.2, 0.25) is 0 Å². The smallest absolute Gasteiger partial charge is 0.255 e. The Balaban J connectivity index is 1.00. The maximum absolute atomic E-state index is 12.9. The molecule has 0 spiro atoms. The molecule has 1 unspecified atom stereocenters. The summed E-state index contributed by atoms with van der Waals surface area (Å²) in [5.41, 5.74) is 3.98. The van der Waals surface area contributed by atoms with Crippen LogP contribution in [0.1, 0.15) is 48.0 Å². The monoisotopic (exact) mass is 538 g/mol. The zero-order valence-corrected chi connectivity index (χ0v) is 22.0. The number of carbonyl (C=O) groups is 4. The maximum atomic E-state index is 12.9. The molecule has 2 saturated heterocycles. The molecular formula is C30H30N6O4. The summed E-state index contributed by atoms with van der Waals surface area (Å²) in [7, 11) is 0. The fourth-order valence-corrected chi connectivity index (χ4v) is 5.73. The van der Waals surface area contributed by atoms with Gasteiger partial charge < -0.3 is 15.1 Å². The van der Waals surface area contributed by atoms with E-state index in [0.717, 1.165) is 42.6 Å². The van der Waals surface area contributed by atoms with Crippen molar-refractivity contribution in [3.8, 4) is 11.1 Å². The molecule has 3 aromatic rings. The van der Waals surface area contributed by atoms with Gasteiger partial charge in [-0.15, -0.1) is 0 Å². The first-order chi connectivity index (χ1) is 19.4. The number of benzene rings is 2. The summed E-state index contributed by atoms with van der Waals surface area (Å²) in [5.74, 6) is -0.0684. The number of amides is 4. The van der Waals surface area contributed by atoms with Crippen LogP contribution >= 0.6 is 0 Å². The second kappa shape index (κ2) is 10.9. The molecule has 2 fully saturated rings. The molecule has 6 rings (SSSR count). The Kier molecular flexibility index (Phi) is 6.98. The molecule has 4 heterocycles. The van der Waals surface area contributed by atoms with Crippen molar-refractivity contribution in [3.63, 3.8) is 0 Å². The Bertz CT molecular complexity index is 1450. The van der Waals surface area contributed by atoms with Gasteiger partial charge in [-0.3, -0.25) is 24.5 Å². The van der Waals surface area contributed by atoms with Crippen LogP contribution in [0, 0.1) is 5.92 Å². The number of rotatable bonds is 6. The number of nitrogens with zero attached hydrogens (tertiary/aromatic N) is 4. The molecule has 0 aliphatic carbocycles. The molecule has 2 N–H and O–H groups in total. The molecule has 204 valence electrons. The fraction of sp³-hybridized carbons (Fsp3) is 0.333. The highest BCUT2D eigenvalue weighted by Gasteiger charge is 2.39. The van der Waals surface area contributed by atoms with Crippen molar-refractivity contribution < 1.29 is 19.2 Å². The lowest BCUT2D eigenvalue weighted by atomic mass is 9.93. The second-order valence-corrected chi connectivity index (χ2v) is 10.6. The maximum Gasteiger partial charge on any atom is 0.255 e. The van der Waals surface area contributed by atoms with Crippen molar-refractivity contribution in [1.82, 2.24) is 20.2 Å². The standard InChI is InChI=1S/C30H30N6O4/c37-26-9-8-25(28(39)34-26)36-18-21-15-23(6-7-24(21)29(36)40)33-27(38)14-19-10-12-35(13-11-19)30-31-16-22(17-32-30)20-4-2-1-3-5-20/h1-7,15-17,19,25H,8-14,18H2,(H,33,38)(H,34,37,39). The lowest BCUT2D eigenvalue weighted by Gasteiger charge is -2.31. The van der Waals surface area contributed by atoms with E-state index in [1.165, 1.54) is 4.90 Å². The molecule has 1 aromatic heterocycles. The van der Waals surface area contributed by atoms with Crippen molar-refractivity contribution in [2.45, 2.75) is 44.7 Å². The van der Waals surface area contributed by atoms with E-state index < -0.39 is 11.9 Å². The molecule has 10 heteroatoms. The molecule has 0 radical (unpaired) electrons. The number of fused-ring (bicyclic) bond motifs is 1. The predicted octanol–water partition coefficient (Wildman–Crippen LogP) is 3.15. The average Bonchev–Trinajstić information content (AvgIpc) is 3.29. The van der Waals surface area contributed by atoms with Crippen molar-refractivity contribution in [1.29, 1.82) is 0 Å². The molecule has 1 atom stereocenters. The van der Waals surface area contributed by atoms with Crippen LogP contribution in [0.4, 0.5) is 11.6 Å². The molecule has 4 amide bonds. The van der Waals surface area contributed by atoms with E-state index in [2.05, 4.69) is 25.5 Å². The quantitative estimate of drug-likeness (QED) is 0.462. The number of anilines is 2. The van der Waals surface area contributed by atoms with Crippen LogP contribution in [-0.2, 0) is 20.9 Å². The molecular weight excluding hydrogens is 508 g/mol. The summed E-state index contributed by atoms with van der Waals surface area (Å²) < 4.78 is 0. The van der Waals surface area contributed by atoms with E-state index in [4.69, 9.17) is 0 Å². The van der Waals surface area contributed by atoms with Gasteiger partial charge in [0.1, 0.15) is 6.04 Å². The number of imide groups is 1. The zero-order chi connectivity index (χ0) is 27.6. The summed E-state index contributed by atoms with van der Waals surface area (Å²) in [5, 5.41) is 5.29. The summed E-state index contributed by atoms with van der Waals surface area (Å²) in [6.45, 7) is 1.86. The summed E-state index contributed by atoms with van der Waals surface area (Å²) in [6, 6.07) is 14.6. The lowest BCUT2D eigenvalue weighted by Crippen LogP contribution is -2.52. The summed E-state index contributed by atoms with van der Waals surface area (Å²) in [6.07, 6.45) is 6.40. The molecule has 10 nitrogen and oxygen atoms in total. The third-order valence-corrected chi connectivity index (χ3v) is 7.92. The number of aromatic nitrogens is 2. The highest BCUT2D eigenvalue weighted by Crippen LogP contribution is 2.30. The number of nitrogens with one attached hydrogen (secondary N) is 2. The molecule has 0 bridgehead atoms. The first kappa shape index (κ1) is 25.7. The minimum absolute atomic E-state index is 0.0618. The normalized spacial score (nSPS) is 19.4. The number of piperidine rings is 2. The van der Waals surface area contributed by atoms with Gasteiger partial charge in [0.2, 0.25) is 23.7 Å². The fourth-order valence-electron chi connectivity index (χ4n) is 5.73. The van der Waals surface area contributed by atoms with Crippen molar-refractivity contribution >= 4 is 35.3 Å². The second-order valence-electron chi connectivity index (χ2n) is 10.6. The van der Waals surface area contributed by atoms with Crippen molar-refractivity contribution in [2.75, 3.05) is 23.3 Å². The van der Waals surface area contributed by atoms with E-state index in [1.807, 2.05) is 42.7 Å². The highest BCUT2D eigenvalue weighted by molar-refractivity contribution is 6.05. The third kappa shape index (κ3) is 5.29. The van der Waals surface area contributed by atoms with Gasteiger partial charge in [-0.1, -0.05) is 30.3 Å². The number of hydrogen-bond acceptors (Lipinski definition) is 7. The molecule has 3 aliphatic heterocycles. The van der Waals surface area contributed by atoms with E-state index in [0.29, 0.717) is 30.0 Å². The topological polar surface area (TPSA) is 125 Å². The lowest BCUT2D eigenvalue weighted by molar-refractivity contribution is -0.137. The van der Waals surface area contributed by atoms with E-state index in [-0.39, 0.29) is 36.6 Å². The highest BCUT2D eigenvalue weighted by atomic mass is 16.2. The van der Waals surface area contributed by atoms with Crippen LogP contribution < -0.4 is 15.5 Å². The van der Waals surface area contributed by atoms with Gasteiger partial charge in [0.05, 0.1) is 0 Å². The van der Waals surface area contributed by atoms with Gasteiger partial charge in [-0.25, -0.2) is 9.97 Å². The minimum Gasteiger partial charge on any atom is -0.341 e. The Morgan fingerprint density at radius 3 is 2.42 bits per heavy atom. The summed E-state index contributed by atoms with van der Waals surface area (Å²) >= 11 is 0. The molecule has 0 saturated carbocycles. The van der Waals surface area contributed by atoms with Crippen LogP contribution in [0.3, 0.4) is 0 Å². The first-order valence-electron chi connectivity index (χ1n) is 13.6. The third-order valence-electron chi connectivity index (χ3n) is 7.92. The number of carbonyl (C=O) groups excluding carboxylic acids is 4. The van der Waals surface area contributed by atoms with Crippen molar-refractivity contribution in [3.05, 3.63) is 72.1 Å². The Labute approximate surface area is 231 Å². The van der Waals surface area contributed by atoms with Gasteiger partial charge in [-0.2, -0.15) is 0 Å². The van der Waals surface area contributed by atoms with Gasteiger partial charge in [0, 0.05) is 61.7 Å². The Morgan fingerprint density at radius 2 is 1.70 bits per heavy atom. The Hall–Kier alpha value is -4.60. The van der Waals surface area contributed by atoms with Gasteiger partial charge >= 0.3 is 0 Å².